The lowest BCUT2D eigenvalue weighted by atomic mass is 10.2. The number of hydrogen-bond donors (Lipinski definition) is 1. The minimum absolute atomic E-state index is 0.637. The Morgan fingerprint density at radius 2 is 2.19 bits per heavy atom. The predicted molar refractivity (Wildman–Crippen MR) is 68.4 cm³/mol. The molecular weight excluding hydrogens is 196 g/mol. The number of rotatable bonds is 4. The minimum Gasteiger partial charge on any atom is -0.346 e. The normalized spacial score (nSPS) is 10.5. The third kappa shape index (κ3) is 2.10. The first kappa shape index (κ1) is 10.8. The number of fused-ring (bicyclic) bond motifs is 1. The Morgan fingerprint density at radius 1 is 1.38 bits per heavy atom. The standard InChI is InChI=1S/C14H16N2/c1-3-8-15-9-10-16-11-12(2)13-6-4-5-7-14(13)16/h1,4-7,11,15H,8-10H2,2H3. The molecule has 0 aliphatic carbocycles. The van der Waals surface area contributed by atoms with Crippen LogP contribution in [-0.2, 0) is 6.54 Å². The molecule has 0 saturated carbocycles. The molecule has 2 nitrogen and oxygen atoms in total. The Hall–Kier alpha value is -1.72. The SMILES string of the molecule is C#CCNCCn1cc(C)c2ccccc21. The second-order valence-electron chi connectivity index (χ2n) is 3.90. The van der Waals surface area contributed by atoms with Crippen molar-refractivity contribution >= 4 is 10.9 Å². The maximum atomic E-state index is 5.18. The van der Waals surface area contributed by atoms with E-state index in [0.717, 1.165) is 13.1 Å². The van der Waals surface area contributed by atoms with Crippen molar-refractivity contribution in [3.63, 3.8) is 0 Å². The van der Waals surface area contributed by atoms with E-state index >= 15 is 0 Å². The lowest BCUT2D eigenvalue weighted by Crippen LogP contribution is -2.19. The van der Waals surface area contributed by atoms with Gasteiger partial charge in [0.15, 0.2) is 0 Å². The van der Waals surface area contributed by atoms with Crippen LogP contribution in [0.2, 0.25) is 0 Å². The molecule has 0 radical (unpaired) electrons. The molecule has 0 bridgehead atoms. The predicted octanol–water partition coefficient (Wildman–Crippen LogP) is 2.17. The highest BCUT2D eigenvalue weighted by atomic mass is 15.0. The average molecular weight is 212 g/mol. The van der Waals surface area contributed by atoms with Gasteiger partial charge in [0.05, 0.1) is 6.54 Å². The van der Waals surface area contributed by atoms with Gasteiger partial charge in [0.2, 0.25) is 0 Å². The molecule has 0 spiro atoms. The number of nitrogens with zero attached hydrogens (tertiary/aromatic N) is 1. The lowest BCUT2D eigenvalue weighted by Gasteiger charge is -2.05. The van der Waals surface area contributed by atoms with Gasteiger partial charge in [0, 0.05) is 30.2 Å². The molecule has 16 heavy (non-hydrogen) atoms. The zero-order valence-corrected chi connectivity index (χ0v) is 9.53. The summed E-state index contributed by atoms with van der Waals surface area (Å²) in [6.45, 7) is 4.64. The molecule has 2 rings (SSSR count). The van der Waals surface area contributed by atoms with E-state index in [1.165, 1.54) is 16.5 Å². The van der Waals surface area contributed by atoms with Crippen molar-refractivity contribution in [1.82, 2.24) is 9.88 Å². The van der Waals surface area contributed by atoms with E-state index in [4.69, 9.17) is 6.42 Å². The molecular formula is C14H16N2. The highest BCUT2D eigenvalue weighted by Crippen LogP contribution is 2.19. The van der Waals surface area contributed by atoms with Crippen molar-refractivity contribution in [2.24, 2.45) is 0 Å². The molecule has 2 aromatic rings. The van der Waals surface area contributed by atoms with Gasteiger partial charge in [-0.3, -0.25) is 0 Å². The summed E-state index contributed by atoms with van der Waals surface area (Å²) >= 11 is 0. The van der Waals surface area contributed by atoms with E-state index < -0.39 is 0 Å². The first-order chi connectivity index (χ1) is 7.83. The minimum atomic E-state index is 0.637. The van der Waals surface area contributed by atoms with Gasteiger partial charge >= 0.3 is 0 Å². The summed E-state index contributed by atoms with van der Waals surface area (Å²) in [5.41, 5.74) is 2.62. The van der Waals surface area contributed by atoms with Gasteiger partial charge in [-0.15, -0.1) is 6.42 Å². The summed E-state index contributed by atoms with van der Waals surface area (Å²) in [4.78, 5) is 0. The molecule has 0 aliphatic heterocycles. The van der Waals surface area contributed by atoms with Crippen LogP contribution in [0, 0.1) is 19.3 Å². The summed E-state index contributed by atoms with van der Waals surface area (Å²) in [6, 6.07) is 8.48. The van der Waals surface area contributed by atoms with E-state index in [1.54, 1.807) is 0 Å². The van der Waals surface area contributed by atoms with Gasteiger partial charge in [-0.1, -0.05) is 24.1 Å². The van der Waals surface area contributed by atoms with Crippen molar-refractivity contribution < 1.29 is 0 Å². The average Bonchev–Trinajstić information content (AvgIpc) is 2.63. The van der Waals surface area contributed by atoms with Crippen LogP contribution in [0.25, 0.3) is 10.9 Å². The number of hydrogen-bond acceptors (Lipinski definition) is 1. The van der Waals surface area contributed by atoms with Crippen LogP contribution < -0.4 is 5.32 Å². The van der Waals surface area contributed by atoms with E-state index in [-0.39, 0.29) is 0 Å². The Kier molecular flexibility index (Phi) is 3.28. The quantitative estimate of drug-likeness (QED) is 0.607. The van der Waals surface area contributed by atoms with E-state index in [2.05, 4.69) is 53.2 Å². The van der Waals surface area contributed by atoms with Gasteiger partial charge in [-0.05, 0) is 18.6 Å². The fourth-order valence-corrected chi connectivity index (χ4v) is 1.98. The molecule has 0 aliphatic rings. The third-order valence-corrected chi connectivity index (χ3v) is 2.74. The van der Waals surface area contributed by atoms with Gasteiger partial charge in [-0.2, -0.15) is 0 Å². The number of aryl methyl sites for hydroxylation is 1. The third-order valence-electron chi connectivity index (χ3n) is 2.74. The van der Waals surface area contributed by atoms with Gasteiger partial charge in [0.25, 0.3) is 0 Å². The van der Waals surface area contributed by atoms with Crippen molar-refractivity contribution in [3.05, 3.63) is 36.0 Å². The van der Waals surface area contributed by atoms with Crippen molar-refractivity contribution in [3.8, 4) is 12.3 Å². The van der Waals surface area contributed by atoms with Crippen LogP contribution in [0.4, 0.5) is 0 Å². The number of aromatic nitrogens is 1. The summed E-state index contributed by atoms with van der Waals surface area (Å²) < 4.78 is 2.27. The number of terminal acetylenes is 1. The maximum absolute atomic E-state index is 5.18. The van der Waals surface area contributed by atoms with Crippen LogP contribution in [0.5, 0.6) is 0 Å². The molecule has 2 heteroatoms. The summed E-state index contributed by atoms with van der Waals surface area (Å²) in [5, 5.41) is 4.53. The second kappa shape index (κ2) is 4.87. The largest absolute Gasteiger partial charge is 0.346 e. The second-order valence-corrected chi connectivity index (χ2v) is 3.90. The molecule has 0 saturated heterocycles. The summed E-state index contributed by atoms with van der Waals surface area (Å²) in [5.74, 6) is 2.58. The van der Waals surface area contributed by atoms with Crippen molar-refractivity contribution in [1.29, 1.82) is 0 Å². The van der Waals surface area contributed by atoms with Crippen LogP contribution in [0.3, 0.4) is 0 Å². The fraction of sp³-hybridized carbons (Fsp3) is 0.286. The Balaban J connectivity index is 2.15. The Bertz CT molecular complexity index is 517. The molecule has 0 fully saturated rings. The molecule has 1 aromatic heterocycles. The van der Waals surface area contributed by atoms with Gasteiger partial charge in [-0.25, -0.2) is 0 Å². The monoisotopic (exact) mass is 212 g/mol. The highest BCUT2D eigenvalue weighted by molar-refractivity contribution is 5.83. The van der Waals surface area contributed by atoms with Crippen LogP contribution in [0.15, 0.2) is 30.5 Å². The molecule has 1 N–H and O–H groups in total. The molecule has 0 atom stereocenters. The highest BCUT2D eigenvalue weighted by Gasteiger charge is 2.03. The Morgan fingerprint density at radius 3 is 3.00 bits per heavy atom. The van der Waals surface area contributed by atoms with Crippen molar-refractivity contribution in [2.45, 2.75) is 13.5 Å². The molecule has 0 unspecified atom stereocenters. The Labute approximate surface area is 96.3 Å². The van der Waals surface area contributed by atoms with Crippen molar-refractivity contribution in [2.75, 3.05) is 13.1 Å². The molecule has 1 heterocycles. The van der Waals surface area contributed by atoms with E-state index in [9.17, 15) is 0 Å². The number of para-hydroxylation sites is 1. The first-order valence-electron chi connectivity index (χ1n) is 5.51. The van der Waals surface area contributed by atoms with E-state index in [1.807, 2.05) is 0 Å². The zero-order chi connectivity index (χ0) is 11.4. The fourth-order valence-electron chi connectivity index (χ4n) is 1.98. The lowest BCUT2D eigenvalue weighted by molar-refractivity contribution is 0.644. The number of nitrogens with one attached hydrogen (secondary N) is 1. The summed E-state index contributed by atoms with van der Waals surface area (Å²) in [7, 11) is 0. The maximum Gasteiger partial charge on any atom is 0.0574 e. The van der Waals surface area contributed by atoms with Crippen LogP contribution in [-0.4, -0.2) is 17.7 Å². The summed E-state index contributed by atoms with van der Waals surface area (Å²) in [6.07, 6.45) is 7.38. The van der Waals surface area contributed by atoms with Gasteiger partial charge in [0.1, 0.15) is 0 Å². The van der Waals surface area contributed by atoms with Gasteiger partial charge < -0.3 is 9.88 Å². The van der Waals surface area contributed by atoms with Crippen LogP contribution >= 0.6 is 0 Å². The molecule has 82 valence electrons. The topological polar surface area (TPSA) is 17.0 Å². The van der Waals surface area contributed by atoms with Crippen LogP contribution in [0.1, 0.15) is 5.56 Å². The first-order valence-corrected chi connectivity index (χ1v) is 5.51. The number of benzene rings is 1. The smallest absolute Gasteiger partial charge is 0.0574 e. The zero-order valence-electron chi connectivity index (χ0n) is 9.53. The molecule has 0 amide bonds. The van der Waals surface area contributed by atoms with E-state index in [0.29, 0.717) is 6.54 Å². The molecule has 1 aromatic carbocycles.